The summed E-state index contributed by atoms with van der Waals surface area (Å²) in [5.41, 5.74) is 0.726. The molecule has 1 aromatic carbocycles. The number of piperazine rings is 1. The zero-order chi connectivity index (χ0) is 18.9. The quantitative estimate of drug-likeness (QED) is 0.753. The molecule has 27 heavy (non-hydrogen) atoms. The number of ether oxygens (including phenoxy) is 2. The Morgan fingerprint density at radius 3 is 2.70 bits per heavy atom. The molecule has 10 heteroatoms. The zero-order valence-corrected chi connectivity index (χ0v) is 15.0. The van der Waals surface area contributed by atoms with Crippen LogP contribution >= 0.6 is 0 Å². The van der Waals surface area contributed by atoms with Crippen molar-refractivity contribution in [1.29, 1.82) is 0 Å². The average Bonchev–Trinajstić information content (AvgIpc) is 3.06. The molecule has 0 bridgehead atoms. The molecular formula is C17H20N7O3+. The van der Waals surface area contributed by atoms with E-state index in [9.17, 15) is 4.79 Å². The Kier molecular flexibility index (Phi) is 4.34. The van der Waals surface area contributed by atoms with Crippen LogP contribution < -0.4 is 20.1 Å². The van der Waals surface area contributed by atoms with Crippen LogP contribution in [0.5, 0.6) is 11.5 Å². The first-order valence-electron chi connectivity index (χ1n) is 8.44. The molecule has 1 unspecified atom stereocenters. The molecule has 3 aliphatic heterocycles. The molecule has 0 spiro atoms. The Morgan fingerprint density at radius 2 is 2.00 bits per heavy atom. The molecule has 0 radical (unpaired) electrons. The summed E-state index contributed by atoms with van der Waals surface area (Å²) in [6.07, 6.45) is 5.11. The third kappa shape index (κ3) is 3.15. The number of methoxy groups -OCH3 is 2. The number of nitrogens with one attached hydrogen (secondary N) is 2. The summed E-state index contributed by atoms with van der Waals surface area (Å²) in [5, 5.41) is 12.7. The van der Waals surface area contributed by atoms with E-state index in [1.807, 2.05) is 17.1 Å². The SMILES string of the molecule is COc1cc(NC2=N[N+]3(N4CCNC(=O)C4)C=CN=CC3=N2)cc(OC)c1. The van der Waals surface area contributed by atoms with Gasteiger partial charge in [0.2, 0.25) is 5.91 Å². The molecular weight excluding hydrogens is 350 g/mol. The largest absolute Gasteiger partial charge is 0.497 e. The summed E-state index contributed by atoms with van der Waals surface area (Å²) in [7, 11) is 3.18. The minimum absolute atomic E-state index is 0.0135. The number of aliphatic imine (C=N–C) groups is 2. The van der Waals surface area contributed by atoms with Gasteiger partial charge in [0.25, 0.3) is 5.96 Å². The van der Waals surface area contributed by atoms with Gasteiger partial charge in [0.05, 0.1) is 27.0 Å². The van der Waals surface area contributed by atoms with E-state index in [2.05, 4.69) is 20.6 Å². The predicted octanol–water partition coefficient (Wildman–Crippen LogP) is 0.518. The van der Waals surface area contributed by atoms with Crippen LogP contribution in [0.25, 0.3) is 0 Å². The summed E-state index contributed by atoms with van der Waals surface area (Å²) in [6, 6.07) is 5.43. The highest BCUT2D eigenvalue weighted by molar-refractivity contribution is 6.30. The van der Waals surface area contributed by atoms with E-state index in [0.29, 0.717) is 36.4 Å². The van der Waals surface area contributed by atoms with Gasteiger partial charge in [-0.05, 0) is 9.80 Å². The van der Waals surface area contributed by atoms with Gasteiger partial charge in [-0.15, -0.1) is 10.0 Å². The summed E-state index contributed by atoms with van der Waals surface area (Å²) >= 11 is 0. The molecule has 2 N–H and O–H groups in total. The second-order valence-electron chi connectivity index (χ2n) is 6.08. The number of hydrogen-bond acceptors (Lipinski definition) is 8. The minimum Gasteiger partial charge on any atom is -0.497 e. The molecule has 1 saturated heterocycles. The zero-order valence-electron chi connectivity index (χ0n) is 15.0. The number of amides is 1. The van der Waals surface area contributed by atoms with Gasteiger partial charge in [-0.1, -0.05) is 0 Å². The van der Waals surface area contributed by atoms with E-state index < -0.39 is 0 Å². The number of rotatable bonds is 4. The predicted molar refractivity (Wildman–Crippen MR) is 101 cm³/mol. The second-order valence-corrected chi connectivity index (χ2v) is 6.08. The Bertz CT molecular complexity index is 870. The standard InChI is InChI=1S/C17H19N7O3/c1-26-13-7-12(8-14(9-13)27-2)20-17-21-15-10-18-4-6-24(15,22-17)23-5-3-19-16(25)11-23/h4,6-10H,3,5,11H2,1-2H3,(H-,19,20,22,25)/p+1. The van der Waals surface area contributed by atoms with Crippen LogP contribution in [0.1, 0.15) is 0 Å². The van der Waals surface area contributed by atoms with Crippen molar-refractivity contribution in [2.75, 3.05) is 39.2 Å². The lowest BCUT2D eigenvalue weighted by Crippen LogP contribution is -2.63. The fraction of sp³-hybridized carbons (Fsp3) is 0.294. The third-order valence-corrected chi connectivity index (χ3v) is 4.41. The normalized spacial score (nSPS) is 24.0. The molecule has 140 valence electrons. The lowest BCUT2D eigenvalue weighted by Gasteiger charge is -2.36. The van der Waals surface area contributed by atoms with E-state index in [1.165, 1.54) is 0 Å². The smallest absolute Gasteiger partial charge is 0.301 e. The number of anilines is 1. The summed E-state index contributed by atoms with van der Waals surface area (Å²) in [6.45, 7) is 1.43. The summed E-state index contributed by atoms with van der Waals surface area (Å²) in [4.78, 5) is 20.6. The average molecular weight is 370 g/mol. The van der Waals surface area contributed by atoms with Gasteiger partial charge in [-0.3, -0.25) is 9.79 Å². The molecule has 1 aromatic rings. The molecule has 0 aliphatic carbocycles. The van der Waals surface area contributed by atoms with Crippen LogP contribution in [0, 0.1) is 0 Å². The van der Waals surface area contributed by atoms with E-state index in [4.69, 9.17) is 14.6 Å². The number of hydrogen-bond donors (Lipinski definition) is 2. The molecule has 0 saturated carbocycles. The minimum atomic E-state index is -0.0434. The first-order chi connectivity index (χ1) is 13.1. The third-order valence-electron chi connectivity index (χ3n) is 4.41. The summed E-state index contributed by atoms with van der Waals surface area (Å²) < 4.78 is 10.6. The van der Waals surface area contributed by atoms with Crippen molar-refractivity contribution in [1.82, 2.24) is 10.3 Å². The van der Waals surface area contributed by atoms with Crippen LogP contribution in [-0.4, -0.2) is 67.5 Å². The molecule has 1 amide bonds. The lowest BCUT2D eigenvalue weighted by atomic mass is 10.3. The van der Waals surface area contributed by atoms with E-state index >= 15 is 0 Å². The van der Waals surface area contributed by atoms with Gasteiger partial charge in [-0.2, -0.15) is 0 Å². The van der Waals surface area contributed by atoms with Gasteiger partial charge in [0.15, 0.2) is 6.20 Å². The van der Waals surface area contributed by atoms with Crippen molar-refractivity contribution in [3.8, 4) is 11.5 Å². The van der Waals surface area contributed by atoms with Crippen molar-refractivity contribution in [2.45, 2.75) is 0 Å². The lowest BCUT2D eigenvalue weighted by molar-refractivity contribution is -0.916. The number of fused-ring (bicyclic) bond motifs is 1. The molecule has 1 fully saturated rings. The van der Waals surface area contributed by atoms with Crippen molar-refractivity contribution in [2.24, 2.45) is 15.1 Å². The number of nitrogens with zero attached hydrogens (tertiary/aromatic N) is 5. The number of carbonyl (C=O) groups is 1. The molecule has 3 aliphatic rings. The van der Waals surface area contributed by atoms with Crippen LogP contribution in [0.4, 0.5) is 5.69 Å². The van der Waals surface area contributed by atoms with Crippen LogP contribution in [-0.2, 0) is 4.79 Å². The summed E-state index contributed by atoms with van der Waals surface area (Å²) in [5.74, 6) is 2.28. The number of guanidine groups is 1. The van der Waals surface area contributed by atoms with E-state index in [-0.39, 0.29) is 17.2 Å². The molecule has 10 nitrogen and oxygen atoms in total. The fourth-order valence-electron chi connectivity index (χ4n) is 3.11. The number of amidine groups is 1. The highest BCUT2D eigenvalue weighted by atomic mass is 16.5. The monoisotopic (exact) mass is 370 g/mol. The molecule has 1 atom stereocenters. The first kappa shape index (κ1) is 17.2. The topological polar surface area (TPSA) is 99.9 Å². The van der Waals surface area contributed by atoms with Crippen LogP contribution in [0.2, 0.25) is 0 Å². The number of carbonyl (C=O) groups excluding carboxylic acids is 1. The van der Waals surface area contributed by atoms with Gasteiger partial charge in [0, 0.05) is 30.4 Å². The van der Waals surface area contributed by atoms with Crippen LogP contribution in [0.3, 0.4) is 0 Å². The van der Waals surface area contributed by atoms with Crippen LogP contribution in [0.15, 0.2) is 45.7 Å². The Morgan fingerprint density at radius 1 is 1.22 bits per heavy atom. The number of benzene rings is 1. The maximum absolute atomic E-state index is 11.9. The van der Waals surface area contributed by atoms with Gasteiger partial charge < -0.3 is 20.1 Å². The highest BCUT2D eigenvalue weighted by Crippen LogP contribution is 2.29. The maximum Gasteiger partial charge on any atom is 0.301 e. The van der Waals surface area contributed by atoms with Gasteiger partial charge >= 0.3 is 5.84 Å². The van der Waals surface area contributed by atoms with Gasteiger partial charge in [0.1, 0.15) is 24.3 Å². The Balaban J connectivity index is 1.66. The van der Waals surface area contributed by atoms with Crippen molar-refractivity contribution < 1.29 is 19.0 Å². The van der Waals surface area contributed by atoms with Gasteiger partial charge in [-0.25, -0.2) is 0 Å². The van der Waals surface area contributed by atoms with E-state index in [0.717, 1.165) is 5.69 Å². The first-order valence-corrected chi connectivity index (χ1v) is 8.44. The number of quaternary nitrogens is 1. The molecule has 3 heterocycles. The Labute approximate surface area is 156 Å². The van der Waals surface area contributed by atoms with Crippen molar-refractivity contribution in [3.05, 3.63) is 30.6 Å². The van der Waals surface area contributed by atoms with Crippen molar-refractivity contribution >= 4 is 29.6 Å². The second kappa shape index (κ2) is 6.82. The van der Waals surface area contributed by atoms with Crippen molar-refractivity contribution in [3.63, 3.8) is 0 Å². The maximum atomic E-state index is 11.9. The molecule has 4 rings (SSSR count). The highest BCUT2D eigenvalue weighted by Gasteiger charge is 2.48. The molecule has 0 aromatic heterocycles. The Hall–Kier alpha value is -3.24. The van der Waals surface area contributed by atoms with E-state index in [1.54, 1.807) is 38.9 Å². The fourth-order valence-corrected chi connectivity index (χ4v) is 3.11.